The fourth-order valence-electron chi connectivity index (χ4n) is 18.6. The Kier molecular flexibility index (Phi) is 36.5. The van der Waals surface area contributed by atoms with Gasteiger partial charge in [0, 0.05) is 132 Å². The van der Waals surface area contributed by atoms with Crippen LogP contribution in [0.25, 0.3) is 55.8 Å². The second kappa shape index (κ2) is 48.4. The lowest BCUT2D eigenvalue weighted by Crippen LogP contribution is -2.61. The highest BCUT2D eigenvalue weighted by Gasteiger charge is 2.53. The molecular weight excluding hydrogens is 1770 g/mol. The maximum absolute atomic E-state index is 14.9. The molecule has 736 valence electrons. The third-order valence-electron chi connectivity index (χ3n) is 26.6. The number of methoxy groups -OCH3 is 2. The number of Topliss-reactive ketones (excluding diaryl/α,β-unsaturated/α-hetero) is 3. The van der Waals surface area contributed by atoms with Gasteiger partial charge in [0.2, 0.25) is 27.7 Å². The molecule has 1 unspecified atom stereocenters. The highest BCUT2D eigenvalue weighted by molar-refractivity contribution is 7.89. The van der Waals surface area contributed by atoms with Gasteiger partial charge < -0.3 is 84.2 Å². The van der Waals surface area contributed by atoms with Crippen LogP contribution in [0.4, 0.5) is 17.8 Å². The first kappa shape index (κ1) is 103. The first-order valence-corrected chi connectivity index (χ1v) is 48.9. The Morgan fingerprint density at radius 3 is 2.26 bits per heavy atom. The first-order valence-electron chi connectivity index (χ1n) is 47.3. The summed E-state index contributed by atoms with van der Waals surface area (Å²) in [7, 11) is -0.431. The molecular formula is C96H131N19O20S. The van der Waals surface area contributed by atoms with Crippen molar-refractivity contribution in [3.05, 3.63) is 127 Å². The number of carbonyl (C=O) groups is 6. The number of nitrogens with zero attached hydrogens (tertiary/aromatic N) is 16. The normalized spacial score (nSPS) is 25.9. The highest BCUT2D eigenvalue weighted by atomic mass is 32.2. The van der Waals surface area contributed by atoms with Gasteiger partial charge in [0.1, 0.15) is 60.1 Å². The average molecular weight is 1900 g/mol. The summed E-state index contributed by atoms with van der Waals surface area (Å²) in [5.41, 5.74) is 19.9. The van der Waals surface area contributed by atoms with Crippen molar-refractivity contribution in [3.8, 4) is 33.6 Å². The number of fused-ring (bicyclic) bond motifs is 5. The average Bonchev–Trinajstić information content (AvgIpc) is 1.72. The van der Waals surface area contributed by atoms with Crippen molar-refractivity contribution in [1.82, 2.24) is 79.2 Å². The van der Waals surface area contributed by atoms with E-state index in [0.717, 1.165) is 33.5 Å². The van der Waals surface area contributed by atoms with Crippen molar-refractivity contribution < 1.29 is 94.8 Å². The Morgan fingerprint density at radius 1 is 0.750 bits per heavy atom. The van der Waals surface area contributed by atoms with Crippen molar-refractivity contribution >= 4 is 85.1 Å². The number of piperazine rings is 1. The molecule has 5 aliphatic rings. The molecule has 4 fully saturated rings. The quantitative estimate of drug-likeness (QED) is 0.00976. The number of benzene rings is 2. The van der Waals surface area contributed by atoms with Crippen LogP contribution in [0.15, 0.2) is 126 Å². The number of nitrogen functional groups attached to an aromatic ring is 2. The fourth-order valence-corrected chi connectivity index (χ4v) is 20.0. The molecule has 1 aliphatic carbocycles. The van der Waals surface area contributed by atoms with Crippen molar-refractivity contribution in [3.63, 3.8) is 0 Å². The molecule has 3 saturated heterocycles. The smallest absolute Gasteiger partial charge is 0.329 e. The SMILES string of the molecule is CO[C@@H]1C[C@H]2CC[C@H](C)[C@](O)(O2)C(=O)C(=O)N2CCCC[C@H]2C(=O)O[C@H]([C@H](C)C[C@@H]2CCC(n3nncc3-c3cccc(-c4cnc(N5CCN(S(=O)(=O)CCc6cn(CCOCCOCCOCCOCC(=O)NCCCCn7nc(-c8ccc9oc(N)nc9c8)c8c(N)ncnc87)nn6)CC5)nc4)c3)[C@H](OC)C2)CC(=O)[C@H](C)/C=C(/C)[C@H](O)[C@@H](O)C(=O)[C@H](C)C[C@H](C)/C=C\C=CC=C1C. The lowest BCUT2D eigenvalue weighted by atomic mass is 9.77. The lowest BCUT2D eigenvalue weighted by molar-refractivity contribution is -0.265. The van der Waals surface area contributed by atoms with Gasteiger partial charge in [-0.1, -0.05) is 99.7 Å². The first-order chi connectivity index (χ1) is 65.5. The number of oxazole rings is 1. The van der Waals surface area contributed by atoms with Crippen LogP contribution in [0.2, 0.25) is 0 Å². The van der Waals surface area contributed by atoms with Gasteiger partial charge in [-0.3, -0.25) is 24.0 Å². The summed E-state index contributed by atoms with van der Waals surface area (Å²) in [6, 6.07) is 12.0. The van der Waals surface area contributed by atoms with E-state index < -0.39 is 99.5 Å². The van der Waals surface area contributed by atoms with Crippen LogP contribution in [0.5, 0.6) is 0 Å². The van der Waals surface area contributed by atoms with E-state index in [1.165, 1.54) is 21.6 Å². The number of aliphatic hydroxyl groups is 3. The number of sulfonamides is 1. The number of hydrogen-bond donors (Lipinski definition) is 6. The third kappa shape index (κ3) is 26.5. The van der Waals surface area contributed by atoms with Crippen LogP contribution < -0.4 is 21.7 Å². The largest absolute Gasteiger partial charge is 0.460 e. The number of aliphatic hydroxyl groups excluding tert-OH is 2. The van der Waals surface area contributed by atoms with Crippen LogP contribution in [-0.2, 0) is 96.2 Å². The third-order valence-corrected chi connectivity index (χ3v) is 28.4. The monoisotopic (exact) mass is 1900 g/mol. The van der Waals surface area contributed by atoms with E-state index in [4.69, 9.17) is 68.8 Å². The van der Waals surface area contributed by atoms with Crippen LogP contribution in [0.1, 0.15) is 150 Å². The number of piperidine rings is 1. The van der Waals surface area contributed by atoms with Crippen molar-refractivity contribution in [2.24, 2.45) is 35.5 Å². The number of nitrogens with two attached hydrogens (primary N) is 2. The van der Waals surface area contributed by atoms with Crippen molar-refractivity contribution in [2.75, 3.05) is 128 Å². The molecule has 10 heterocycles. The number of allylic oxidation sites excluding steroid dienone is 6. The van der Waals surface area contributed by atoms with Crippen LogP contribution >= 0.6 is 0 Å². The number of nitrogens with one attached hydrogen (secondary N) is 1. The predicted molar refractivity (Wildman–Crippen MR) is 504 cm³/mol. The fraction of sp³-hybridized carbons (Fsp3) is 0.583. The van der Waals surface area contributed by atoms with E-state index in [-0.39, 0.29) is 118 Å². The second-order valence-corrected chi connectivity index (χ2v) is 38.5. The molecule has 8 N–H and O–H groups in total. The molecule has 136 heavy (non-hydrogen) atoms. The number of rotatable bonds is 33. The zero-order valence-electron chi connectivity index (χ0n) is 79.1. The molecule has 40 heteroatoms. The minimum atomic E-state index is -3.65. The minimum Gasteiger partial charge on any atom is -0.460 e. The van der Waals surface area contributed by atoms with E-state index in [9.17, 15) is 52.5 Å². The number of hydrogen-bond acceptors (Lipinski definition) is 33. The molecule has 0 spiro atoms. The summed E-state index contributed by atoms with van der Waals surface area (Å²) in [5, 5.41) is 60.7. The van der Waals surface area contributed by atoms with E-state index >= 15 is 0 Å². The Balaban J connectivity index is 0.530. The van der Waals surface area contributed by atoms with Crippen molar-refractivity contribution in [1.29, 1.82) is 0 Å². The molecule has 1 saturated carbocycles. The maximum Gasteiger partial charge on any atom is 0.329 e. The Bertz CT molecular complexity index is 5620. The molecule has 6 aromatic heterocycles. The number of aryl methyl sites for hydroxylation is 2. The van der Waals surface area contributed by atoms with E-state index in [2.05, 4.69) is 40.9 Å². The number of amides is 2. The van der Waals surface area contributed by atoms with Crippen LogP contribution in [-0.4, -0.2) is 293 Å². The van der Waals surface area contributed by atoms with Gasteiger partial charge in [0.25, 0.3) is 17.7 Å². The topological polar surface area (TPSA) is 502 Å². The molecule has 13 rings (SSSR count). The highest BCUT2D eigenvalue weighted by Crippen LogP contribution is 2.43. The summed E-state index contributed by atoms with van der Waals surface area (Å²) in [4.78, 5) is 110. The van der Waals surface area contributed by atoms with Gasteiger partial charge in [0.05, 0.1) is 106 Å². The molecule has 0 radical (unpaired) electrons. The number of anilines is 3. The van der Waals surface area contributed by atoms with Crippen LogP contribution in [0.3, 0.4) is 0 Å². The minimum absolute atomic E-state index is 0.00252. The summed E-state index contributed by atoms with van der Waals surface area (Å²) >= 11 is 0. The Hall–Kier alpha value is -10.9. The summed E-state index contributed by atoms with van der Waals surface area (Å²) < 4.78 is 86.9. The maximum atomic E-state index is 14.9. The second-order valence-electron chi connectivity index (χ2n) is 36.4. The van der Waals surface area contributed by atoms with E-state index in [1.54, 1.807) is 82.1 Å². The number of aromatic nitrogens is 13. The lowest BCUT2D eigenvalue weighted by Gasteiger charge is -2.42. The van der Waals surface area contributed by atoms with Crippen molar-refractivity contribution in [2.45, 2.75) is 212 Å². The summed E-state index contributed by atoms with van der Waals surface area (Å²) in [6.07, 6.45) is 19.7. The Labute approximate surface area is 791 Å². The van der Waals surface area contributed by atoms with Gasteiger partial charge in [0.15, 0.2) is 17.0 Å². The van der Waals surface area contributed by atoms with Gasteiger partial charge >= 0.3 is 5.97 Å². The molecule has 8 aromatic rings. The molecule has 2 amide bonds. The molecule has 39 nitrogen and oxygen atoms in total. The molecule has 15 atom stereocenters. The molecule has 4 aliphatic heterocycles. The van der Waals surface area contributed by atoms with Gasteiger partial charge in [-0.2, -0.15) is 14.4 Å². The number of cyclic esters (lactones) is 1. The zero-order valence-corrected chi connectivity index (χ0v) is 79.9. The number of esters is 1. The number of carbonyl (C=O) groups excluding carboxylic acids is 6. The van der Waals surface area contributed by atoms with Gasteiger partial charge in [-0.15, -0.1) is 10.2 Å². The van der Waals surface area contributed by atoms with Gasteiger partial charge in [-0.25, -0.2) is 47.2 Å². The number of unbranched alkanes of at least 4 members (excludes halogenated alkanes) is 1. The van der Waals surface area contributed by atoms with E-state index in [0.29, 0.717) is 182 Å². The molecule has 2 aromatic carbocycles. The zero-order chi connectivity index (χ0) is 96.7. The van der Waals surface area contributed by atoms with Crippen LogP contribution in [0, 0.1) is 35.5 Å². The summed E-state index contributed by atoms with van der Waals surface area (Å²) in [5.74, 6) is -8.83. The predicted octanol–water partition coefficient (Wildman–Crippen LogP) is 8.18. The van der Waals surface area contributed by atoms with E-state index in [1.807, 2.05) is 97.1 Å². The number of ketones is 3. The molecule has 2 bridgehead atoms. The Morgan fingerprint density at radius 2 is 1.50 bits per heavy atom. The standard InChI is InChI=1S/C96H131N19O20S/c1-60-18-11-10-12-19-61(2)80(127-8)52-73-26-23-66(7)96(124,135-73)89(121)92(122)113-31-15-13-22-76(113)93(123)133-81(53-78(116)62(3)47-65(6)87(119)88(120)86(118)64(5)46-60)63(4)48-67-24-27-75(82(49-67)128-9)115-77(56-104-108-115)69-21-17-20-68(50-69)71-54-100-95(101-55-71)110-33-35-112(36-34-110)136(125,126)45-29-72-57-111(109-106-72)37-38-129-39-40-130-41-42-131-43-44-132-58-83(117)99-30-14-16-32-114-91-84(90(97)102-59-103-91)85(107-114)70-25-28-79-74(51-70)105-94(98)134-79/h10-12,17-21,25,28,47,50-51,54-57,59-60,62-64,66-67,73,75-76,80-82,87-88,119-120,124H,13-16,22-24,26-27,29-46,48-49,52-53,58H2,1-9H3,(H2,98,105)(H,99,117)(H2,97,102,103)/b12-10?,18-11-,61-19?,65-47-/t60-,62-,63-,64-,66+,67+,73-,75?,76+,80-,81+,82-,87+,88+,96+/m1/s1. The van der Waals surface area contributed by atoms with Gasteiger partial charge in [-0.05, 0) is 150 Å². The number of ether oxygens (including phenoxy) is 8. The summed E-state index contributed by atoms with van der Waals surface area (Å²) in [6.45, 7) is 17.1.